The number of hydrogen-bond acceptors (Lipinski definition) is 6. The molecule has 0 saturated carbocycles. The highest BCUT2D eigenvalue weighted by Crippen LogP contribution is 2.38. The monoisotopic (exact) mass is 1090 g/mol. The van der Waals surface area contributed by atoms with E-state index in [0.29, 0.717) is 17.4 Å². The van der Waals surface area contributed by atoms with Crippen LogP contribution in [0.25, 0.3) is 0 Å². The van der Waals surface area contributed by atoms with Gasteiger partial charge in [-0.05, 0) is 89.9 Å². The summed E-state index contributed by atoms with van der Waals surface area (Å²) in [5.41, 5.74) is 0. The molecule has 0 aliphatic carbocycles. The molecule has 0 aliphatic heterocycles. The van der Waals surface area contributed by atoms with Gasteiger partial charge in [-0.25, -0.2) is 0 Å². The zero-order chi connectivity index (χ0) is 56.3. The van der Waals surface area contributed by atoms with Crippen LogP contribution in [0.15, 0.2) is 97.2 Å². The van der Waals surface area contributed by atoms with Gasteiger partial charge in [0.2, 0.25) is 5.91 Å². The second kappa shape index (κ2) is 58.1. The van der Waals surface area contributed by atoms with E-state index in [-0.39, 0.29) is 12.5 Å². The Morgan fingerprint density at radius 1 is 0.468 bits per heavy atom. The molecule has 0 aromatic heterocycles. The molecule has 0 spiro atoms. The van der Waals surface area contributed by atoms with Crippen molar-refractivity contribution in [1.82, 2.24) is 5.32 Å². The Hall–Kier alpha value is -2.58. The molecule has 0 heterocycles. The minimum absolute atomic E-state index is 0.0111. The number of carbonyl (C=O) groups is 1. The van der Waals surface area contributed by atoms with Crippen LogP contribution in [0.5, 0.6) is 0 Å². The van der Waals surface area contributed by atoms with Crippen molar-refractivity contribution in [3.05, 3.63) is 97.2 Å². The Bertz CT molecular complexity index is 1570. The average molecular weight is 1100 g/mol. The molecule has 2 N–H and O–H groups in total. The lowest BCUT2D eigenvalue weighted by molar-refractivity contribution is -0.870. The zero-order valence-corrected chi connectivity index (χ0v) is 51.8. The third-order valence-electron chi connectivity index (χ3n) is 14.0. The summed E-state index contributed by atoms with van der Waals surface area (Å²) in [7, 11) is 1.23. The molecule has 0 radical (unpaired) electrons. The number of rotatable bonds is 58. The Balaban J connectivity index is 4.10. The molecular formula is C68H123N2O6P. The normalized spacial score (nSPS) is 14.4. The van der Waals surface area contributed by atoms with Gasteiger partial charge in [0.15, 0.2) is 0 Å². The maximum atomic E-state index is 13.0. The number of likely N-dealkylation sites (N-methyl/N-ethyl adjacent to an activating group) is 1. The number of quaternary nitrogens is 1. The van der Waals surface area contributed by atoms with Gasteiger partial charge >= 0.3 is 0 Å². The highest BCUT2D eigenvalue weighted by molar-refractivity contribution is 7.45. The average Bonchev–Trinajstić information content (AvgIpc) is 3.39. The Morgan fingerprint density at radius 2 is 0.805 bits per heavy atom. The van der Waals surface area contributed by atoms with Gasteiger partial charge in [0.25, 0.3) is 7.82 Å². The lowest BCUT2D eigenvalue weighted by Crippen LogP contribution is -2.45. The standard InChI is InChI=1S/C68H123N2O6P/c1-6-8-10-12-14-16-18-20-22-24-26-28-29-30-31-32-33-34-35-36-37-38-39-40-41-42-44-46-48-50-52-54-56-58-60-62-68(72)69-66(65-76-77(73,74)75-64-63-70(3,4)5)67(71)61-59-57-55-53-51-49-47-45-43-27-25-23-21-19-17-15-13-11-9-7-2/h8,10,14,16,20,22,26,28,30-31,43,45,51,53,59,61,66-67,71H,6-7,9,11-13,15,17-19,21,23-25,27,29,32-42,44,46-50,52,54-58,60,62-65H2,1-5H3,(H-,69,72,73,74)/b10-8-,16-14-,22-20-,28-26-,31-30-,45-43+,53-51+,61-59+. The van der Waals surface area contributed by atoms with Crippen LogP contribution in [0.3, 0.4) is 0 Å². The number of aliphatic hydroxyl groups is 1. The number of phosphoric acid groups is 1. The molecule has 446 valence electrons. The van der Waals surface area contributed by atoms with Gasteiger partial charge in [0.1, 0.15) is 13.2 Å². The lowest BCUT2D eigenvalue weighted by atomic mass is 10.0. The predicted molar refractivity (Wildman–Crippen MR) is 334 cm³/mol. The maximum absolute atomic E-state index is 13.0. The zero-order valence-electron chi connectivity index (χ0n) is 50.9. The number of hydrogen-bond donors (Lipinski definition) is 2. The van der Waals surface area contributed by atoms with Gasteiger partial charge in [0, 0.05) is 6.42 Å². The molecule has 77 heavy (non-hydrogen) atoms. The first-order valence-corrected chi connectivity index (χ1v) is 33.6. The van der Waals surface area contributed by atoms with E-state index in [1.54, 1.807) is 6.08 Å². The fraction of sp³-hybridized carbons (Fsp3) is 0.750. The number of carbonyl (C=O) groups excluding carboxylic acids is 1. The number of nitrogens with zero attached hydrogens (tertiary/aromatic N) is 1. The van der Waals surface area contributed by atoms with Crippen molar-refractivity contribution in [2.24, 2.45) is 0 Å². The van der Waals surface area contributed by atoms with Crippen molar-refractivity contribution in [2.45, 2.75) is 289 Å². The van der Waals surface area contributed by atoms with Crippen molar-refractivity contribution in [2.75, 3.05) is 40.9 Å². The summed E-state index contributed by atoms with van der Waals surface area (Å²) < 4.78 is 23.4. The first-order valence-electron chi connectivity index (χ1n) is 32.1. The van der Waals surface area contributed by atoms with Crippen LogP contribution in [0.4, 0.5) is 0 Å². The predicted octanol–water partition coefficient (Wildman–Crippen LogP) is 19.5. The molecule has 0 fully saturated rings. The smallest absolute Gasteiger partial charge is 0.268 e. The van der Waals surface area contributed by atoms with E-state index in [9.17, 15) is 19.4 Å². The van der Waals surface area contributed by atoms with E-state index in [4.69, 9.17) is 9.05 Å². The van der Waals surface area contributed by atoms with E-state index in [1.807, 2.05) is 27.2 Å². The van der Waals surface area contributed by atoms with Crippen LogP contribution in [0.2, 0.25) is 0 Å². The quantitative estimate of drug-likeness (QED) is 0.0272. The summed E-state index contributed by atoms with van der Waals surface area (Å²) in [4.78, 5) is 25.6. The van der Waals surface area contributed by atoms with E-state index in [2.05, 4.69) is 104 Å². The van der Waals surface area contributed by atoms with Gasteiger partial charge in [-0.1, -0.05) is 278 Å². The lowest BCUT2D eigenvalue weighted by Gasteiger charge is -2.29. The van der Waals surface area contributed by atoms with Crippen molar-refractivity contribution < 1.29 is 32.9 Å². The van der Waals surface area contributed by atoms with E-state index >= 15 is 0 Å². The summed E-state index contributed by atoms with van der Waals surface area (Å²) >= 11 is 0. The van der Waals surface area contributed by atoms with Crippen molar-refractivity contribution in [1.29, 1.82) is 0 Å². The van der Waals surface area contributed by atoms with Crippen molar-refractivity contribution >= 4 is 13.7 Å². The van der Waals surface area contributed by atoms with Crippen LogP contribution in [0.1, 0.15) is 277 Å². The highest BCUT2D eigenvalue weighted by atomic mass is 31.2. The van der Waals surface area contributed by atoms with E-state index in [0.717, 1.165) is 77.0 Å². The molecule has 0 aromatic rings. The number of allylic oxidation sites excluding steroid dienone is 15. The van der Waals surface area contributed by atoms with Crippen LogP contribution in [-0.2, 0) is 18.4 Å². The number of nitrogens with one attached hydrogen (secondary N) is 1. The summed E-state index contributed by atoms with van der Waals surface area (Å²) in [6.07, 6.45) is 83.7. The van der Waals surface area contributed by atoms with Gasteiger partial charge in [-0.3, -0.25) is 9.36 Å². The van der Waals surface area contributed by atoms with Gasteiger partial charge in [-0.2, -0.15) is 0 Å². The SMILES string of the molecule is CC/C=C\C/C=C\C/C=C\C/C=C\C/C=C\CCCCCCCCCCCCCCCCCCCCCC(=O)NC(COP(=O)([O-])OCC[N+](C)(C)C)C(O)/C=C/CC/C=C/CC/C=C/CCCCCCCCCCCC. The van der Waals surface area contributed by atoms with E-state index in [1.165, 1.54) is 180 Å². The summed E-state index contributed by atoms with van der Waals surface area (Å²) in [6.45, 7) is 4.52. The van der Waals surface area contributed by atoms with Gasteiger partial charge in [0.05, 0.1) is 39.9 Å². The summed E-state index contributed by atoms with van der Waals surface area (Å²) in [5.74, 6) is -0.211. The molecule has 8 nitrogen and oxygen atoms in total. The molecule has 0 aromatic carbocycles. The third-order valence-corrected chi connectivity index (χ3v) is 15.0. The van der Waals surface area contributed by atoms with Crippen molar-refractivity contribution in [3.63, 3.8) is 0 Å². The minimum Gasteiger partial charge on any atom is -0.756 e. The molecule has 0 bridgehead atoms. The Morgan fingerprint density at radius 3 is 1.21 bits per heavy atom. The minimum atomic E-state index is -4.62. The fourth-order valence-electron chi connectivity index (χ4n) is 9.04. The molecule has 0 rings (SSSR count). The molecule has 1 amide bonds. The largest absolute Gasteiger partial charge is 0.756 e. The molecule has 0 aliphatic rings. The fourth-order valence-corrected chi connectivity index (χ4v) is 9.76. The molecule has 9 heteroatoms. The summed E-state index contributed by atoms with van der Waals surface area (Å²) in [6, 6.07) is -0.914. The molecule has 0 saturated heterocycles. The van der Waals surface area contributed by atoms with Crippen LogP contribution in [-0.4, -0.2) is 68.5 Å². The highest BCUT2D eigenvalue weighted by Gasteiger charge is 2.23. The number of aliphatic hydroxyl groups excluding tert-OH is 1. The number of amides is 1. The summed E-state index contributed by atoms with van der Waals surface area (Å²) in [5, 5.41) is 13.9. The Labute approximate surface area is 477 Å². The molecule has 3 unspecified atom stereocenters. The topological polar surface area (TPSA) is 108 Å². The third kappa shape index (κ3) is 60.9. The van der Waals surface area contributed by atoms with E-state index < -0.39 is 26.6 Å². The molecular weight excluding hydrogens is 972 g/mol. The van der Waals surface area contributed by atoms with Gasteiger partial charge < -0.3 is 28.8 Å². The molecule has 3 atom stereocenters. The van der Waals surface area contributed by atoms with Crippen LogP contribution >= 0.6 is 7.82 Å². The Kier molecular flexibility index (Phi) is 56.1. The first-order chi connectivity index (χ1) is 37.5. The van der Waals surface area contributed by atoms with Gasteiger partial charge in [-0.15, -0.1) is 0 Å². The maximum Gasteiger partial charge on any atom is 0.268 e. The second-order valence-electron chi connectivity index (χ2n) is 22.7. The number of unbranched alkanes of at least 4 members (excludes halogenated alkanes) is 31. The van der Waals surface area contributed by atoms with Crippen molar-refractivity contribution in [3.8, 4) is 0 Å². The first kappa shape index (κ1) is 74.4. The van der Waals surface area contributed by atoms with Crippen LogP contribution < -0.4 is 10.2 Å². The second-order valence-corrected chi connectivity index (χ2v) is 24.1. The number of phosphoric ester groups is 1. The van der Waals surface area contributed by atoms with Crippen LogP contribution in [0, 0.1) is 0 Å².